The van der Waals surface area contributed by atoms with Gasteiger partial charge in [-0.1, -0.05) is 23.8 Å². The number of likely N-dealkylation sites (tertiary alicyclic amines) is 1. The highest BCUT2D eigenvalue weighted by atomic mass is 16.5. The minimum absolute atomic E-state index is 0.256. The number of hydrogen-bond donors (Lipinski definition) is 5. The summed E-state index contributed by atoms with van der Waals surface area (Å²) < 4.78 is 5.54. The molecule has 1 aromatic carbocycles. The summed E-state index contributed by atoms with van der Waals surface area (Å²) in [6.45, 7) is 6.99. The van der Waals surface area contributed by atoms with E-state index in [1.165, 1.54) is 11.1 Å². The summed E-state index contributed by atoms with van der Waals surface area (Å²) >= 11 is 0. The van der Waals surface area contributed by atoms with Gasteiger partial charge in [0.25, 0.3) is 0 Å². The van der Waals surface area contributed by atoms with Crippen molar-refractivity contribution >= 4 is 17.9 Å². The molecule has 1 aromatic heterocycles. The van der Waals surface area contributed by atoms with Crippen LogP contribution in [0.2, 0.25) is 0 Å². The van der Waals surface area contributed by atoms with E-state index in [0.717, 1.165) is 49.5 Å². The molecule has 0 amide bonds. The quantitative estimate of drug-likeness (QED) is 0.312. The third-order valence-electron chi connectivity index (χ3n) is 7.56. The van der Waals surface area contributed by atoms with Crippen LogP contribution in [0.4, 0.5) is 0 Å². The van der Waals surface area contributed by atoms with Gasteiger partial charge in [-0.25, -0.2) is 4.79 Å². The fraction of sp³-hybridized carbons (Fsp3) is 0.500. The van der Waals surface area contributed by atoms with E-state index in [1.54, 1.807) is 13.3 Å². The Morgan fingerprint density at radius 2 is 1.77 bits per heavy atom. The molecule has 2 aromatic rings. The lowest BCUT2D eigenvalue weighted by Crippen LogP contribution is -2.42. The molecule has 4 rings (SSSR count). The number of nitrogens with zero attached hydrogens (tertiary/aromatic N) is 2. The monoisotopic (exact) mass is 544 g/mol. The van der Waals surface area contributed by atoms with Gasteiger partial charge < -0.3 is 30.3 Å². The first-order chi connectivity index (χ1) is 18.3. The molecule has 0 spiro atoms. The predicted octanol–water partition coefficient (Wildman–Crippen LogP) is 2.19. The molecule has 212 valence electrons. The van der Waals surface area contributed by atoms with Crippen molar-refractivity contribution in [1.29, 1.82) is 0 Å². The number of aromatic nitrogens is 1. The molecular weight excluding hydrogens is 508 g/mol. The van der Waals surface area contributed by atoms with E-state index < -0.39 is 42.0 Å². The first-order valence-corrected chi connectivity index (χ1v) is 12.7. The summed E-state index contributed by atoms with van der Waals surface area (Å²) in [6.07, 6.45) is 1.40. The largest absolute Gasteiger partial charge is 0.496 e. The average Bonchev–Trinajstić information content (AvgIpc) is 3.38. The highest BCUT2D eigenvalue weighted by Gasteiger charge is 2.53. The summed E-state index contributed by atoms with van der Waals surface area (Å²) in [7, 11) is 1.73. The minimum Gasteiger partial charge on any atom is -0.496 e. The third-order valence-corrected chi connectivity index (χ3v) is 7.56. The van der Waals surface area contributed by atoms with Gasteiger partial charge >= 0.3 is 17.9 Å². The van der Waals surface area contributed by atoms with Crippen molar-refractivity contribution in [1.82, 2.24) is 9.88 Å². The van der Waals surface area contributed by atoms with E-state index in [2.05, 4.69) is 48.0 Å². The Morgan fingerprint density at radius 3 is 2.33 bits per heavy atom. The molecule has 1 aliphatic carbocycles. The molecule has 0 bridgehead atoms. The predicted molar refractivity (Wildman–Crippen MR) is 139 cm³/mol. The summed E-state index contributed by atoms with van der Waals surface area (Å²) in [5, 5.41) is 45.3. The zero-order valence-corrected chi connectivity index (χ0v) is 22.3. The zero-order valence-electron chi connectivity index (χ0n) is 22.3. The van der Waals surface area contributed by atoms with E-state index >= 15 is 0 Å². The normalized spacial score (nSPS) is 22.5. The summed E-state index contributed by atoms with van der Waals surface area (Å²) in [4.78, 5) is 37.5. The van der Waals surface area contributed by atoms with Crippen molar-refractivity contribution < 1.29 is 44.7 Å². The fourth-order valence-electron chi connectivity index (χ4n) is 5.73. The molecule has 5 N–H and O–H groups in total. The number of benzene rings is 1. The van der Waals surface area contributed by atoms with Crippen LogP contribution < -0.4 is 4.74 Å². The molecule has 2 heterocycles. The van der Waals surface area contributed by atoms with Gasteiger partial charge in [-0.15, -0.1) is 0 Å². The van der Waals surface area contributed by atoms with Gasteiger partial charge in [-0.2, -0.15) is 0 Å². The van der Waals surface area contributed by atoms with Gasteiger partial charge in [0, 0.05) is 37.3 Å². The maximum atomic E-state index is 11.5. The van der Waals surface area contributed by atoms with Crippen LogP contribution in [0.1, 0.15) is 48.1 Å². The van der Waals surface area contributed by atoms with Crippen LogP contribution in [-0.4, -0.2) is 79.1 Å². The van der Waals surface area contributed by atoms with Crippen LogP contribution in [0.3, 0.4) is 0 Å². The smallest absolute Gasteiger partial charge is 0.336 e. The second kappa shape index (κ2) is 12.1. The summed E-state index contributed by atoms with van der Waals surface area (Å²) in [6, 6.07) is 10.3. The number of pyridine rings is 1. The lowest BCUT2D eigenvalue weighted by atomic mass is 9.83. The number of carbonyl (C=O) groups is 3. The van der Waals surface area contributed by atoms with E-state index in [-0.39, 0.29) is 5.92 Å². The van der Waals surface area contributed by atoms with Crippen molar-refractivity contribution in [2.24, 2.45) is 11.8 Å². The van der Waals surface area contributed by atoms with Crippen LogP contribution in [0, 0.1) is 25.7 Å². The Hall–Kier alpha value is -3.54. The van der Waals surface area contributed by atoms with Gasteiger partial charge in [-0.3, -0.25) is 19.5 Å². The van der Waals surface area contributed by atoms with Crippen LogP contribution in [0.15, 0.2) is 36.5 Å². The molecule has 1 aliphatic heterocycles. The molecule has 11 nitrogen and oxygen atoms in total. The number of carboxylic acids is 3. The molecule has 11 heteroatoms. The number of ether oxygens (including phenoxy) is 1. The standard InChI is InChI=1S/C22H28N2O2.C6H8O7/c1-15-6-7-20(26-3)18(11-15)13-24-12-17-8-9-22(25,19(17)14-24)21-16(2)5-4-10-23-21;7-3(8)1-6(13,5(11)12)2-4(9)10/h4-7,10-11,17,19,25H,8-9,12-14H2,1-3H3;13H,1-2H2,(H,7,8)(H,9,10)(H,11,12). The van der Waals surface area contributed by atoms with Gasteiger partial charge in [0.05, 0.1) is 25.6 Å². The van der Waals surface area contributed by atoms with Crippen molar-refractivity contribution in [3.63, 3.8) is 0 Å². The zero-order chi connectivity index (χ0) is 29.0. The number of aryl methyl sites for hydroxylation is 2. The Kier molecular flexibility index (Phi) is 9.31. The molecular formula is C28H36N2O9. The molecule has 3 atom stereocenters. The van der Waals surface area contributed by atoms with Gasteiger partial charge in [0.1, 0.15) is 11.4 Å². The first kappa shape index (κ1) is 30.0. The van der Waals surface area contributed by atoms with Crippen molar-refractivity contribution in [2.75, 3.05) is 20.2 Å². The van der Waals surface area contributed by atoms with E-state index in [0.29, 0.717) is 5.92 Å². The molecule has 0 radical (unpaired) electrons. The molecule has 2 aliphatic rings. The molecule has 1 saturated heterocycles. The van der Waals surface area contributed by atoms with Crippen LogP contribution in [-0.2, 0) is 26.5 Å². The second-order valence-electron chi connectivity index (χ2n) is 10.5. The SMILES string of the molecule is COc1ccc(C)cc1CN1CC2CCC(O)(c3ncccc3C)C2C1.O=C(O)CC(O)(CC(=O)O)C(=O)O. The Bertz CT molecular complexity index is 1200. The van der Waals surface area contributed by atoms with Crippen LogP contribution in [0.5, 0.6) is 5.75 Å². The summed E-state index contributed by atoms with van der Waals surface area (Å²) in [5.74, 6) is -3.28. The number of hydrogen-bond acceptors (Lipinski definition) is 8. The average molecular weight is 545 g/mol. The number of aliphatic carboxylic acids is 3. The topological polar surface area (TPSA) is 178 Å². The van der Waals surface area contributed by atoms with E-state index in [4.69, 9.17) is 25.2 Å². The highest BCUT2D eigenvalue weighted by Crippen LogP contribution is 2.50. The maximum absolute atomic E-state index is 11.5. The first-order valence-electron chi connectivity index (χ1n) is 12.7. The highest BCUT2D eigenvalue weighted by molar-refractivity contribution is 5.88. The van der Waals surface area contributed by atoms with E-state index in [9.17, 15) is 19.5 Å². The Labute approximate surface area is 226 Å². The van der Waals surface area contributed by atoms with Gasteiger partial charge in [0.2, 0.25) is 0 Å². The van der Waals surface area contributed by atoms with Crippen molar-refractivity contribution in [2.45, 2.75) is 57.3 Å². The maximum Gasteiger partial charge on any atom is 0.336 e. The molecule has 1 saturated carbocycles. The lowest BCUT2D eigenvalue weighted by Gasteiger charge is -2.31. The number of rotatable bonds is 9. The number of fused-ring (bicyclic) bond motifs is 1. The molecule has 39 heavy (non-hydrogen) atoms. The summed E-state index contributed by atoms with van der Waals surface area (Å²) in [5.41, 5.74) is 0.918. The minimum atomic E-state index is -2.74. The molecule has 2 fully saturated rings. The number of aliphatic hydroxyl groups is 2. The van der Waals surface area contributed by atoms with Crippen molar-refractivity contribution in [3.8, 4) is 5.75 Å². The van der Waals surface area contributed by atoms with Gasteiger partial charge in [0.15, 0.2) is 5.60 Å². The van der Waals surface area contributed by atoms with Crippen molar-refractivity contribution in [3.05, 3.63) is 58.9 Å². The number of carboxylic acid groups (broad SMARTS) is 3. The lowest BCUT2D eigenvalue weighted by molar-refractivity contribution is -0.170. The van der Waals surface area contributed by atoms with E-state index in [1.807, 2.05) is 6.07 Å². The second-order valence-corrected chi connectivity index (χ2v) is 10.5. The van der Waals surface area contributed by atoms with Crippen LogP contribution in [0.25, 0.3) is 0 Å². The van der Waals surface area contributed by atoms with Gasteiger partial charge in [-0.05, 0) is 50.3 Å². The Balaban J connectivity index is 0.000000276. The third kappa shape index (κ3) is 6.92. The fourth-order valence-corrected chi connectivity index (χ4v) is 5.73. The Morgan fingerprint density at radius 1 is 1.10 bits per heavy atom. The number of methoxy groups -OCH3 is 1. The van der Waals surface area contributed by atoms with Crippen LogP contribution >= 0.6 is 0 Å². The molecule has 3 unspecified atom stereocenters.